The fraction of sp³-hybridized carbons (Fsp3) is 0.312. The van der Waals surface area contributed by atoms with Crippen molar-refractivity contribution in [2.75, 3.05) is 26.0 Å². The van der Waals surface area contributed by atoms with E-state index in [-0.39, 0.29) is 5.69 Å². The maximum absolute atomic E-state index is 12.0. The van der Waals surface area contributed by atoms with Gasteiger partial charge in [-0.3, -0.25) is 0 Å². The molecule has 0 unspecified atom stereocenters. The Hall–Kier alpha value is -2.15. The summed E-state index contributed by atoms with van der Waals surface area (Å²) in [5.41, 5.74) is 0.623. The fourth-order valence-corrected chi connectivity index (χ4v) is 2.02. The van der Waals surface area contributed by atoms with E-state index in [1.54, 1.807) is 38.4 Å². The number of aromatic nitrogens is 1. The van der Waals surface area contributed by atoms with Crippen LogP contribution in [0.15, 0.2) is 30.3 Å². The van der Waals surface area contributed by atoms with Crippen molar-refractivity contribution in [2.45, 2.75) is 6.42 Å². The fourth-order valence-electron chi connectivity index (χ4n) is 1.79. The number of esters is 1. The Kier molecular flexibility index (Phi) is 5.92. The molecule has 0 saturated heterocycles. The molecule has 0 N–H and O–H groups in total. The number of nitrogens with zero attached hydrogens (tertiary/aromatic N) is 2. The Bertz CT molecular complexity index is 718. The summed E-state index contributed by atoms with van der Waals surface area (Å²) >= 11 is 3.27. The predicted octanol–water partition coefficient (Wildman–Crippen LogP) is 3.24. The monoisotopic (exact) mass is 380 g/mol. The van der Waals surface area contributed by atoms with Crippen molar-refractivity contribution in [1.29, 1.82) is 0 Å². The minimum atomic E-state index is -0.510. The van der Waals surface area contributed by atoms with E-state index < -0.39 is 12.1 Å². The Morgan fingerprint density at radius 1 is 1.22 bits per heavy atom. The molecular weight excluding hydrogens is 364 g/mol. The van der Waals surface area contributed by atoms with Crippen molar-refractivity contribution < 1.29 is 19.1 Å². The van der Waals surface area contributed by atoms with Gasteiger partial charge in [0.1, 0.15) is 11.2 Å². The molecule has 0 fully saturated rings. The van der Waals surface area contributed by atoms with Gasteiger partial charge in [0, 0.05) is 24.8 Å². The minimum Gasteiger partial charge on any atom is -0.461 e. The summed E-state index contributed by atoms with van der Waals surface area (Å²) in [6, 6.07) is 8.56. The zero-order chi connectivity index (χ0) is 16.8. The number of pyridine rings is 1. The van der Waals surface area contributed by atoms with Gasteiger partial charge >= 0.3 is 12.1 Å². The minimum absolute atomic E-state index is 0.181. The van der Waals surface area contributed by atoms with E-state index in [0.717, 1.165) is 17.1 Å². The van der Waals surface area contributed by atoms with Crippen molar-refractivity contribution in [3.8, 4) is 5.75 Å². The molecule has 122 valence electrons. The smallest absolute Gasteiger partial charge is 0.414 e. The average Bonchev–Trinajstić information content (AvgIpc) is 2.54. The summed E-state index contributed by atoms with van der Waals surface area (Å²) in [7, 11) is 3.18. The highest BCUT2D eigenvalue weighted by atomic mass is 79.9. The molecule has 2 rings (SSSR count). The number of rotatable bonds is 5. The third-order valence-corrected chi connectivity index (χ3v) is 3.53. The van der Waals surface area contributed by atoms with Crippen molar-refractivity contribution in [1.82, 2.24) is 9.88 Å². The van der Waals surface area contributed by atoms with E-state index in [0.29, 0.717) is 17.9 Å². The van der Waals surface area contributed by atoms with E-state index in [1.807, 2.05) is 6.07 Å². The van der Waals surface area contributed by atoms with Crippen LogP contribution >= 0.6 is 15.9 Å². The number of hydrogen-bond donors (Lipinski definition) is 0. The second-order valence-electron chi connectivity index (χ2n) is 4.97. The van der Waals surface area contributed by atoms with Crippen molar-refractivity contribution in [3.05, 3.63) is 36.0 Å². The maximum atomic E-state index is 12.0. The Balaban J connectivity index is 2.29. The summed E-state index contributed by atoms with van der Waals surface area (Å²) < 4.78 is 10.4. The molecule has 1 amide bonds. The lowest BCUT2D eigenvalue weighted by atomic mass is 10.2. The quantitative estimate of drug-likeness (QED) is 0.452. The van der Waals surface area contributed by atoms with E-state index >= 15 is 0 Å². The standard InChI is InChI=1S/C16H17BrN2O4/c1-19(2)16(21)23-13-6-3-5-11-7-8-12(18-14(11)13)15(20)22-10-4-9-17/h3,5-8H,4,9-10H2,1-2H3. The Morgan fingerprint density at radius 2 is 2.00 bits per heavy atom. The van der Waals surface area contributed by atoms with Gasteiger partial charge in [-0.15, -0.1) is 0 Å². The summed E-state index contributed by atoms with van der Waals surface area (Å²) in [6.07, 6.45) is 0.218. The maximum Gasteiger partial charge on any atom is 0.414 e. The first-order valence-electron chi connectivity index (χ1n) is 7.05. The van der Waals surface area contributed by atoms with E-state index in [4.69, 9.17) is 9.47 Å². The molecule has 2 aromatic rings. The third-order valence-electron chi connectivity index (χ3n) is 2.97. The number of ether oxygens (including phenoxy) is 2. The summed E-state index contributed by atoms with van der Waals surface area (Å²) in [6.45, 7) is 0.320. The molecule has 1 aromatic carbocycles. The van der Waals surface area contributed by atoms with Crippen LogP contribution in [-0.2, 0) is 4.74 Å². The van der Waals surface area contributed by atoms with Crippen molar-refractivity contribution in [3.63, 3.8) is 0 Å². The topological polar surface area (TPSA) is 68.7 Å². The average molecular weight is 381 g/mol. The number of hydrogen-bond acceptors (Lipinski definition) is 5. The second-order valence-corrected chi connectivity index (χ2v) is 5.76. The zero-order valence-electron chi connectivity index (χ0n) is 12.9. The van der Waals surface area contributed by atoms with Gasteiger partial charge in [0.25, 0.3) is 0 Å². The zero-order valence-corrected chi connectivity index (χ0v) is 14.5. The SMILES string of the molecule is CN(C)C(=O)Oc1cccc2ccc(C(=O)OCCCBr)nc12. The number of amides is 1. The Morgan fingerprint density at radius 3 is 2.70 bits per heavy atom. The molecule has 0 saturated carbocycles. The predicted molar refractivity (Wildman–Crippen MR) is 90.1 cm³/mol. The van der Waals surface area contributed by atoms with Crippen LogP contribution in [0.25, 0.3) is 10.9 Å². The van der Waals surface area contributed by atoms with Gasteiger partial charge in [-0.1, -0.05) is 34.1 Å². The lowest BCUT2D eigenvalue weighted by Crippen LogP contribution is -2.25. The van der Waals surface area contributed by atoms with Crippen LogP contribution in [0.3, 0.4) is 0 Å². The van der Waals surface area contributed by atoms with Crippen LogP contribution in [0.1, 0.15) is 16.9 Å². The van der Waals surface area contributed by atoms with Crippen LogP contribution in [0.4, 0.5) is 4.79 Å². The van der Waals surface area contributed by atoms with Gasteiger partial charge in [-0.05, 0) is 18.6 Å². The van der Waals surface area contributed by atoms with Gasteiger partial charge < -0.3 is 14.4 Å². The molecule has 6 nitrogen and oxygen atoms in total. The summed E-state index contributed by atoms with van der Waals surface area (Å²) in [5.74, 6) is -0.196. The molecule has 0 radical (unpaired) electrons. The van der Waals surface area contributed by atoms with E-state index in [1.165, 1.54) is 4.90 Å². The van der Waals surface area contributed by atoms with Crippen molar-refractivity contribution >= 4 is 38.9 Å². The van der Waals surface area contributed by atoms with E-state index in [2.05, 4.69) is 20.9 Å². The molecule has 0 aliphatic heterocycles. The van der Waals surface area contributed by atoms with Gasteiger partial charge in [0.2, 0.25) is 0 Å². The van der Waals surface area contributed by atoms with Gasteiger partial charge in [0.15, 0.2) is 5.75 Å². The lowest BCUT2D eigenvalue weighted by Gasteiger charge is -2.12. The first kappa shape index (κ1) is 17.2. The molecule has 0 atom stereocenters. The molecule has 0 spiro atoms. The normalized spacial score (nSPS) is 10.4. The van der Waals surface area contributed by atoms with Gasteiger partial charge in [-0.25, -0.2) is 14.6 Å². The molecular formula is C16H17BrN2O4. The number of fused-ring (bicyclic) bond motifs is 1. The molecule has 1 heterocycles. The molecule has 7 heteroatoms. The molecule has 0 bridgehead atoms. The highest BCUT2D eigenvalue weighted by Gasteiger charge is 2.14. The van der Waals surface area contributed by atoms with E-state index in [9.17, 15) is 9.59 Å². The highest BCUT2D eigenvalue weighted by Crippen LogP contribution is 2.24. The lowest BCUT2D eigenvalue weighted by molar-refractivity contribution is 0.0500. The molecule has 1 aromatic heterocycles. The first-order chi connectivity index (χ1) is 11.0. The number of carbonyl (C=O) groups excluding carboxylic acids is 2. The molecule has 0 aliphatic rings. The summed E-state index contributed by atoms with van der Waals surface area (Å²) in [5, 5.41) is 1.53. The van der Waals surface area contributed by atoms with Crippen LogP contribution in [0, 0.1) is 0 Å². The van der Waals surface area contributed by atoms with Crippen LogP contribution in [0.2, 0.25) is 0 Å². The number of benzene rings is 1. The number of halogens is 1. The summed E-state index contributed by atoms with van der Waals surface area (Å²) in [4.78, 5) is 29.3. The Labute approximate surface area is 142 Å². The van der Waals surface area contributed by atoms with Gasteiger partial charge in [0.05, 0.1) is 6.61 Å². The van der Waals surface area contributed by atoms with Crippen LogP contribution in [0.5, 0.6) is 5.75 Å². The van der Waals surface area contributed by atoms with Gasteiger partial charge in [-0.2, -0.15) is 0 Å². The molecule has 0 aliphatic carbocycles. The second kappa shape index (κ2) is 7.92. The number of para-hydroxylation sites is 1. The number of alkyl halides is 1. The highest BCUT2D eigenvalue weighted by molar-refractivity contribution is 9.09. The van der Waals surface area contributed by atoms with Crippen LogP contribution in [-0.4, -0.2) is 48.0 Å². The number of carbonyl (C=O) groups is 2. The third kappa shape index (κ3) is 4.41. The molecule has 23 heavy (non-hydrogen) atoms. The largest absolute Gasteiger partial charge is 0.461 e. The van der Waals surface area contributed by atoms with Crippen LogP contribution < -0.4 is 4.74 Å². The first-order valence-corrected chi connectivity index (χ1v) is 8.17. The van der Waals surface area contributed by atoms with Crippen molar-refractivity contribution in [2.24, 2.45) is 0 Å².